The largest absolute Gasteiger partial charge is 0.480 e. The van der Waals surface area contributed by atoms with Crippen LogP contribution in [0, 0.1) is 0 Å². The lowest BCUT2D eigenvalue weighted by molar-refractivity contribution is -0.141. The van der Waals surface area contributed by atoms with Crippen LogP contribution < -0.4 is 5.32 Å². The molecule has 0 spiro atoms. The first kappa shape index (κ1) is 14.3. The van der Waals surface area contributed by atoms with Crippen LogP contribution in [0.2, 0.25) is 0 Å². The standard InChI is InChI=1S/C10H19NO3S/c1-5-7(9(13)14)11-8(12)6-15-10(2,3)4/h7H,5-6H2,1-4H3,(H,11,12)(H,13,14)/t7-/m1/s1. The summed E-state index contributed by atoms with van der Waals surface area (Å²) >= 11 is 1.50. The zero-order valence-corrected chi connectivity index (χ0v) is 10.5. The van der Waals surface area contributed by atoms with Crippen molar-refractivity contribution in [2.45, 2.75) is 44.9 Å². The van der Waals surface area contributed by atoms with Crippen molar-refractivity contribution >= 4 is 23.6 Å². The Morgan fingerprint density at radius 3 is 2.27 bits per heavy atom. The van der Waals surface area contributed by atoms with Gasteiger partial charge < -0.3 is 10.4 Å². The molecule has 0 unspecified atom stereocenters. The first-order valence-corrected chi connectivity index (χ1v) is 5.91. The molecule has 0 fully saturated rings. The lowest BCUT2D eigenvalue weighted by Crippen LogP contribution is -2.41. The van der Waals surface area contributed by atoms with Gasteiger partial charge in [0.05, 0.1) is 5.75 Å². The van der Waals surface area contributed by atoms with E-state index < -0.39 is 12.0 Å². The van der Waals surface area contributed by atoms with Crippen LogP contribution in [0.15, 0.2) is 0 Å². The second-order valence-electron chi connectivity index (χ2n) is 4.27. The fraction of sp³-hybridized carbons (Fsp3) is 0.800. The summed E-state index contributed by atoms with van der Waals surface area (Å²) in [6, 6.07) is -0.766. The summed E-state index contributed by atoms with van der Waals surface area (Å²) in [7, 11) is 0. The molecule has 0 aromatic rings. The molecule has 88 valence electrons. The maximum Gasteiger partial charge on any atom is 0.326 e. The third kappa shape index (κ3) is 7.25. The minimum absolute atomic E-state index is 0.0161. The Balaban J connectivity index is 3.98. The van der Waals surface area contributed by atoms with Crippen LogP contribution in [0.1, 0.15) is 34.1 Å². The van der Waals surface area contributed by atoms with Gasteiger partial charge in [0.25, 0.3) is 0 Å². The Kier molecular flexibility index (Phi) is 5.72. The molecule has 1 atom stereocenters. The summed E-state index contributed by atoms with van der Waals surface area (Å²) in [5.41, 5.74) is 0. The molecule has 0 radical (unpaired) electrons. The second kappa shape index (κ2) is 6.00. The summed E-state index contributed by atoms with van der Waals surface area (Å²) in [4.78, 5) is 22.0. The van der Waals surface area contributed by atoms with Gasteiger partial charge in [-0.25, -0.2) is 4.79 Å². The third-order valence-electron chi connectivity index (χ3n) is 1.68. The Hall–Kier alpha value is -0.710. The van der Waals surface area contributed by atoms with Crippen LogP contribution in [0.3, 0.4) is 0 Å². The van der Waals surface area contributed by atoms with Crippen LogP contribution in [0.25, 0.3) is 0 Å². The van der Waals surface area contributed by atoms with Gasteiger partial charge in [0, 0.05) is 4.75 Å². The van der Waals surface area contributed by atoms with Crippen LogP contribution in [0.4, 0.5) is 0 Å². The molecule has 4 nitrogen and oxygen atoms in total. The van der Waals surface area contributed by atoms with Crippen molar-refractivity contribution in [1.29, 1.82) is 0 Å². The molecule has 0 aliphatic carbocycles. The maximum atomic E-state index is 11.4. The molecule has 0 aromatic carbocycles. The van der Waals surface area contributed by atoms with Gasteiger partial charge in [-0.05, 0) is 6.42 Å². The number of hydrogen-bond donors (Lipinski definition) is 2. The van der Waals surface area contributed by atoms with Crippen LogP contribution in [-0.2, 0) is 9.59 Å². The van der Waals surface area contributed by atoms with E-state index in [1.165, 1.54) is 11.8 Å². The van der Waals surface area contributed by atoms with E-state index in [1.807, 2.05) is 20.8 Å². The predicted octanol–water partition coefficient (Wildman–Crippen LogP) is 1.50. The number of rotatable bonds is 5. The number of nitrogens with one attached hydrogen (secondary N) is 1. The second-order valence-corrected chi connectivity index (χ2v) is 6.07. The number of carbonyl (C=O) groups excluding carboxylic acids is 1. The zero-order valence-electron chi connectivity index (χ0n) is 9.66. The monoisotopic (exact) mass is 233 g/mol. The Labute approximate surface area is 94.8 Å². The Morgan fingerprint density at radius 1 is 1.40 bits per heavy atom. The Morgan fingerprint density at radius 2 is 1.93 bits per heavy atom. The molecule has 0 aliphatic heterocycles. The minimum atomic E-state index is -0.980. The molecule has 0 rings (SSSR count). The van der Waals surface area contributed by atoms with Crippen molar-refractivity contribution in [2.24, 2.45) is 0 Å². The first-order chi connectivity index (χ1) is 6.76. The minimum Gasteiger partial charge on any atom is -0.480 e. The summed E-state index contributed by atoms with van der Waals surface area (Å²) < 4.78 is 0.0161. The molecular formula is C10H19NO3S. The summed E-state index contributed by atoms with van der Waals surface area (Å²) in [6.07, 6.45) is 0.404. The topological polar surface area (TPSA) is 66.4 Å². The SMILES string of the molecule is CC[C@@H](NC(=O)CSC(C)(C)C)C(=O)O. The van der Waals surface area contributed by atoms with Crippen molar-refractivity contribution in [1.82, 2.24) is 5.32 Å². The van der Waals surface area contributed by atoms with Crippen molar-refractivity contribution in [3.8, 4) is 0 Å². The van der Waals surface area contributed by atoms with Crippen molar-refractivity contribution < 1.29 is 14.7 Å². The molecule has 1 amide bonds. The van der Waals surface area contributed by atoms with E-state index in [1.54, 1.807) is 6.92 Å². The van der Waals surface area contributed by atoms with E-state index in [4.69, 9.17) is 5.11 Å². The molecule has 0 heterocycles. The van der Waals surface area contributed by atoms with E-state index in [0.29, 0.717) is 12.2 Å². The van der Waals surface area contributed by atoms with E-state index in [2.05, 4.69) is 5.32 Å². The average Bonchev–Trinajstić information content (AvgIpc) is 2.09. The molecule has 2 N–H and O–H groups in total. The Bertz CT molecular complexity index is 235. The summed E-state index contributed by atoms with van der Waals surface area (Å²) in [5, 5.41) is 11.2. The van der Waals surface area contributed by atoms with Gasteiger partial charge in [-0.3, -0.25) is 4.79 Å². The van der Waals surface area contributed by atoms with E-state index in [9.17, 15) is 9.59 Å². The van der Waals surface area contributed by atoms with Crippen molar-refractivity contribution in [2.75, 3.05) is 5.75 Å². The average molecular weight is 233 g/mol. The highest BCUT2D eigenvalue weighted by molar-refractivity contribution is 8.01. The number of carbonyl (C=O) groups is 2. The fourth-order valence-electron chi connectivity index (χ4n) is 0.856. The van der Waals surface area contributed by atoms with Crippen LogP contribution >= 0.6 is 11.8 Å². The molecule has 0 aliphatic rings. The highest BCUT2D eigenvalue weighted by Crippen LogP contribution is 2.22. The van der Waals surface area contributed by atoms with Crippen LogP contribution in [0.5, 0.6) is 0 Å². The third-order valence-corrected chi connectivity index (χ3v) is 2.95. The molecule has 0 bridgehead atoms. The summed E-state index contributed by atoms with van der Waals surface area (Å²) in [5.74, 6) is -0.899. The molecule has 0 saturated heterocycles. The number of carboxylic acids is 1. The molecular weight excluding hydrogens is 214 g/mol. The molecule has 5 heteroatoms. The van der Waals surface area contributed by atoms with Gasteiger partial charge in [-0.2, -0.15) is 0 Å². The smallest absolute Gasteiger partial charge is 0.326 e. The lowest BCUT2D eigenvalue weighted by Gasteiger charge is -2.18. The van der Waals surface area contributed by atoms with Gasteiger partial charge >= 0.3 is 5.97 Å². The van der Waals surface area contributed by atoms with Crippen LogP contribution in [-0.4, -0.2) is 33.5 Å². The number of amides is 1. The lowest BCUT2D eigenvalue weighted by atomic mass is 10.2. The first-order valence-electron chi connectivity index (χ1n) is 4.92. The predicted molar refractivity (Wildman–Crippen MR) is 62.1 cm³/mol. The van der Waals surface area contributed by atoms with E-state index >= 15 is 0 Å². The van der Waals surface area contributed by atoms with Gasteiger partial charge in [0.2, 0.25) is 5.91 Å². The number of carboxylic acid groups (broad SMARTS) is 1. The fourth-order valence-corrected chi connectivity index (χ4v) is 1.50. The van der Waals surface area contributed by atoms with Gasteiger partial charge in [-0.1, -0.05) is 27.7 Å². The highest BCUT2D eigenvalue weighted by atomic mass is 32.2. The van der Waals surface area contributed by atoms with Crippen molar-refractivity contribution in [3.05, 3.63) is 0 Å². The molecule has 15 heavy (non-hydrogen) atoms. The quantitative estimate of drug-likeness (QED) is 0.755. The van der Waals surface area contributed by atoms with E-state index in [0.717, 1.165) is 0 Å². The number of thioether (sulfide) groups is 1. The number of aliphatic carboxylic acids is 1. The zero-order chi connectivity index (χ0) is 12.1. The molecule has 0 saturated carbocycles. The van der Waals surface area contributed by atoms with Gasteiger partial charge in [-0.15, -0.1) is 11.8 Å². The summed E-state index contributed by atoms with van der Waals surface area (Å²) in [6.45, 7) is 7.77. The van der Waals surface area contributed by atoms with E-state index in [-0.39, 0.29) is 10.7 Å². The number of hydrogen-bond acceptors (Lipinski definition) is 3. The van der Waals surface area contributed by atoms with Gasteiger partial charge in [0.1, 0.15) is 6.04 Å². The van der Waals surface area contributed by atoms with Crippen molar-refractivity contribution in [3.63, 3.8) is 0 Å². The normalized spacial score (nSPS) is 13.3. The maximum absolute atomic E-state index is 11.4. The highest BCUT2D eigenvalue weighted by Gasteiger charge is 2.19. The molecule has 0 aromatic heterocycles. The van der Waals surface area contributed by atoms with Gasteiger partial charge in [0.15, 0.2) is 0 Å².